The maximum atomic E-state index is 13.0. The normalized spacial score (nSPS) is 15.6. The smallest absolute Gasteiger partial charge is 0.317 e. The molecule has 0 radical (unpaired) electrons. The quantitative estimate of drug-likeness (QED) is 0.472. The van der Waals surface area contributed by atoms with Crippen LogP contribution < -0.4 is 10.2 Å². The zero-order valence-electron chi connectivity index (χ0n) is 15.7. The molecule has 1 saturated heterocycles. The second-order valence-corrected chi connectivity index (χ2v) is 7.52. The van der Waals surface area contributed by atoms with E-state index in [0.717, 1.165) is 16.2 Å². The van der Waals surface area contributed by atoms with Gasteiger partial charge in [-0.1, -0.05) is 35.3 Å². The van der Waals surface area contributed by atoms with Crippen molar-refractivity contribution in [3.05, 3.63) is 87.7 Å². The van der Waals surface area contributed by atoms with E-state index in [2.05, 4.69) is 5.32 Å². The number of rotatable bonds is 3. The summed E-state index contributed by atoms with van der Waals surface area (Å²) in [4.78, 5) is 38.7. The Morgan fingerprint density at radius 2 is 1.73 bits per heavy atom. The van der Waals surface area contributed by atoms with Gasteiger partial charge in [-0.05, 0) is 61.0 Å². The van der Waals surface area contributed by atoms with Gasteiger partial charge < -0.3 is 4.57 Å². The van der Waals surface area contributed by atoms with E-state index in [4.69, 9.17) is 23.2 Å². The molecule has 6 nitrogen and oxygen atoms in total. The highest BCUT2D eigenvalue weighted by Gasteiger charge is 2.37. The summed E-state index contributed by atoms with van der Waals surface area (Å²) in [5.74, 6) is -1.50. The number of imide groups is 2. The van der Waals surface area contributed by atoms with E-state index in [-0.39, 0.29) is 11.3 Å². The van der Waals surface area contributed by atoms with E-state index >= 15 is 0 Å². The number of halogens is 2. The SMILES string of the molecule is Cc1ccc(-n2cccc2/C=C2\C(=O)NC(=O)N(c3cccc(Cl)c3)C2=O)cc1Cl. The zero-order chi connectivity index (χ0) is 21.4. The van der Waals surface area contributed by atoms with Crippen molar-refractivity contribution in [2.24, 2.45) is 0 Å². The number of barbiturate groups is 1. The van der Waals surface area contributed by atoms with Gasteiger partial charge in [-0.15, -0.1) is 0 Å². The average Bonchev–Trinajstić information content (AvgIpc) is 3.15. The van der Waals surface area contributed by atoms with Gasteiger partial charge in [0.2, 0.25) is 0 Å². The summed E-state index contributed by atoms with van der Waals surface area (Å²) in [5, 5.41) is 3.16. The number of hydrogen-bond donors (Lipinski definition) is 1. The van der Waals surface area contributed by atoms with Crippen LogP contribution in [-0.4, -0.2) is 22.4 Å². The Bertz CT molecular complexity index is 1230. The highest BCUT2D eigenvalue weighted by atomic mass is 35.5. The predicted molar refractivity (Wildman–Crippen MR) is 116 cm³/mol. The Morgan fingerprint density at radius 1 is 0.933 bits per heavy atom. The van der Waals surface area contributed by atoms with E-state index in [1.54, 1.807) is 47.2 Å². The molecule has 0 atom stereocenters. The molecule has 1 aliphatic heterocycles. The molecule has 0 saturated carbocycles. The molecule has 3 aromatic rings. The molecule has 2 heterocycles. The first-order chi connectivity index (χ1) is 14.3. The van der Waals surface area contributed by atoms with Gasteiger partial charge in [-0.2, -0.15) is 0 Å². The van der Waals surface area contributed by atoms with Crippen LogP contribution in [0.25, 0.3) is 11.8 Å². The van der Waals surface area contributed by atoms with Crippen molar-refractivity contribution in [2.45, 2.75) is 6.92 Å². The minimum absolute atomic E-state index is 0.173. The average molecular weight is 440 g/mol. The molecular formula is C22H15Cl2N3O3. The summed E-state index contributed by atoms with van der Waals surface area (Å²) >= 11 is 12.2. The lowest BCUT2D eigenvalue weighted by molar-refractivity contribution is -0.122. The van der Waals surface area contributed by atoms with E-state index in [1.807, 2.05) is 19.1 Å². The first kappa shape index (κ1) is 19.9. The first-order valence-electron chi connectivity index (χ1n) is 8.96. The number of aryl methyl sites for hydroxylation is 1. The molecule has 1 aromatic heterocycles. The van der Waals surface area contributed by atoms with Crippen molar-refractivity contribution in [2.75, 3.05) is 4.90 Å². The van der Waals surface area contributed by atoms with Crippen LogP contribution in [-0.2, 0) is 9.59 Å². The van der Waals surface area contributed by atoms with Crippen molar-refractivity contribution in [1.29, 1.82) is 0 Å². The summed E-state index contributed by atoms with van der Waals surface area (Å²) in [6, 6.07) is 14.5. The molecule has 2 aromatic carbocycles. The summed E-state index contributed by atoms with van der Waals surface area (Å²) in [6.45, 7) is 1.90. The Kier molecular flexibility index (Phi) is 5.20. The number of benzene rings is 2. The number of carbonyl (C=O) groups excluding carboxylic acids is 3. The first-order valence-corrected chi connectivity index (χ1v) is 9.71. The van der Waals surface area contributed by atoms with Gasteiger partial charge in [0.25, 0.3) is 11.8 Å². The molecule has 0 unspecified atom stereocenters. The van der Waals surface area contributed by atoms with Crippen molar-refractivity contribution in [3.63, 3.8) is 0 Å². The standard InChI is InChI=1S/C22H15Cl2N3O3/c1-13-7-8-16(12-19(13)24)26-9-3-6-15(26)11-18-20(28)25-22(30)27(21(18)29)17-5-2-4-14(23)10-17/h2-12H,1H3,(H,25,28,30)/b18-11+. The third kappa shape index (κ3) is 3.63. The molecule has 150 valence electrons. The van der Waals surface area contributed by atoms with Crippen LogP contribution in [0.2, 0.25) is 10.0 Å². The van der Waals surface area contributed by atoms with Crippen molar-refractivity contribution in [3.8, 4) is 5.69 Å². The molecule has 4 amide bonds. The number of aromatic nitrogens is 1. The lowest BCUT2D eigenvalue weighted by Crippen LogP contribution is -2.54. The van der Waals surface area contributed by atoms with E-state index < -0.39 is 17.8 Å². The number of nitrogens with one attached hydrogen (secondary N) is 1. The van der Waals surface area contributed by atoms with E-state index in [0.29, 0.717) is 15.7 Å². The van der Waals surface area contributed by atoms with Gasteiger partial charge in [-0.3, -0.25) is 14.9 Å². The Labute approximate surface area is 182 Å². The third-order valence-electron chi connectivity index (χ3n) is 4.67. The largest absolute Gasteiger partial charge is 0.335 e. The van der Waals surface area contributed by atoms with Crippen LogP contribution in [0.4, 0.5) is 10.5 Å². The second kappa shape index (κ2) is 7.82. The molecule has 0 bridgehead atoms. The Balaban J connectivity index is 1.76. The topological polar surface area (TPSA) is 71.4 Å². The predicted octanol–water partition coefficient (Wildman–Crippen LogP) is 4.76. The van der Waals surface area contributed by atoms with Crippen molar-refractivity contribution in [1.82, 2.24) is 9.88 Å². The van der Waals surface area contributed by atoms with Gasteiger partial charge in [0, 0.05) is 27.6 Å². The van der Waals surface area contributed by atoms with Gasteiger partial charge in [0.05, 0.1) is 5.69 Å². The molecular weight excluding hydrogens is 425 g/mol. The number of hydrogen-bond acceptors (Lipinski definition) is 3. The number of anilines is 1. The van der Waals surface area contributed by atoms with Crippen LogP contribution in [0.3, 0.4) is 0 Å². The Morgan fingerprint density at radius 3 is 2.47 bits per heavy atom. The summed E-state index contributed by atoms with van der Waals surface area (Å²) in [5.41, 5.74) is 2.38. The van der Waals surface area contributed by atoms with Crippen LogP contribution in [0, 0.1) is 6.92 Å². The molecule has 0 aliphatic carbocycles. The van der Waals surface area contributed by atoms with Gasteiger partial charge in [0.15, 0.2) is 0 Å². The molecule has 0 spiro atoms. The van der Waals surface area contributed by atoms with Crippen LogP contribution in [0.15, 0.2) is 66.4 Å². The summed E-state index contributed by atoms with van der Waals surface area (Å²) in [7, 11) is 0. The van der Waals surface area contributed by atoms with E-state index in [1.165, 1.54) is 12.1 Å². The number of urea groups is 1. The lowest BCUT2D eigenvalue weighted by Gasteiger charge is -2.26. The van der Waals surface area contributed by atoms with Crippen molar-refractivity contribution >= 4 is 52.8 Å². The molecule has 30 heavy (non-hydrogen) atoms. The fourth-order valence-corrected chi connectivity index (χ4v) is 3.49. The monoisotopic (exact) mass is 439 g/mol. The Hall–Kier alpha value is -3.35. The van der Waals surface area contributed by atoms with E-state index in [9.17, 15) is 14.4 Å². The highest BCUT2D eigenvalue weighted by Crippen LogP contribution is 2.26. The second-order valence-electron chi connectivity index (χ2n) is 6.67. The lowest BCUT2D eigenvalue weighted by atomic mass is 10.1. The van der Waals surface area contributed by atoms with Crippen LogP contribution >= 0.6 is 23.2 Å². The minimum Gasteiger partial charge on any atom is -0.317 e. The third-order valence-corrected chi connectivity index (χ3v) is 5.32. The molecule has 1 aliphatic rings. The maximum Gasteiger partial charge on any atom is 0.335 e. The maximum absolute atomic E-state index is 13.0. The van der Waals surface area contributed by atoms with Crippen molar-refractivity contribution < 1.29 is 14.4 Å². The summed E-state index contributed by atoms with van der Waals surface area (Å²) < 4.78 is 1.79. The minimum atomic E-state index is -0.829. The van der Waals surface area contributed by atoms with Gasteiger partial charge >= 0.3 is 6.03 Å². The molecule has 8 heteroatoms. The molecule has 4 rings (SSSR count). The summed E-state index contributed by atoms with van der Waals surface area (Å²) in [6.07, 6.45) is 3.23. The molecule has 1 fully saturated rings. The fourth-order valence-electron chi connectivity index (χ4n) is 3.13. The van der Waals surface area contributed by atoms with Gasteiger partial charge in [-0.25, -0.2) is 9.69 Å². The van der Waals surface area contributed by atoms with Crippen LogP contribution in [0.1, 0.15) is 11.3 Å². The zero-order valence-corrected chi connectivity index (χ0v) is 17.2. The molecule has 1 N–H and O–H groups in total. The highest BCUT2D eigenvalue weighted by molar-refractivity contribution is 6.39. The van der Waals surface area contributed by atoms with Gasteiger partial charge in [0.1, 0.15) is 5.57 Å². The van der Waals surface area contributed by atoms with Crippen LogP contribution in [0.5, 0.6) is 0 Å². The fraction of sp³-hybridized carbons (Fsp3) is 0.0455. The number of carbonyl (C=O) groups is 3. The number of amides is 4. The number of nitrogens with zero attached hydrogens (tertiary/aromatic N) is 2.